The van der Waals surface area contributed by atoms with E-state index in [4.69, 9.17) is 10.8 Å². The van der Waals surface area contributed by atoms with Crippen molar-refractivity contribution in [3.63, 3.8) is 0 Å². The first-order valence-corrected chi connectivity index (χ1v) is 4.36. The summed E-state index contributed by atoms with van der Waals surface area (Å²) in [5.74, 6) is 0. The highest BCUT2D eigenvalue weighted by atomic mass is 16.3. The molecule has 0 fully saturated rings. The third-order valence-electron chi connectivity index (χ3n) is 1.95. The Bertz CT molecular complexity index is 275. The van der Waals surface area contributed by atoms with Gasteiger partial charge in [-0.2, -0.15) is 0 Å². The van der Waals surface area contributed by atoms with Crippen LogP contribution in [-0.2, 0) is 5.54 Å². The van der Waals surface area contributed by atoms with Crippen LogP contribution in [0.3, 0.4) is 0 Å². The summed E-state index contributed by atoms with van der Waals surface area (Å²) in [4.78, 5) is 4.13. The Morgan fingerprint density at radius 2 is 2.23 bits per heavy atom. The Kier molecular flexibility index (Phi) is 2.73. The molecule has 0 aliphatic rings. The molecule has 0 saturated carbocycles. The largest absolute Gasteiger partial charge is 0.394 e. The predicted molar refractivity (Wildman–Crippen MR) is 51.2 cm³/mol. The molecule has 4 heteroatoms. The fourth-order valence-corrected chi connectivity index (χ4v) is 0.990. The summed E-state index contributed by atoms with van der Waals surface area (Å²) in [5, 5.41) is 8.83. The average Bonchev–Trinajstić information content (AvgIpc) is 2.50. The summed E-state index contributed by atoms with van der Waals surface area (Å²) >= 11 is 0. The maximum absolute atomic E-state index is 8.83. The van der Waals surface area contributed by atoms with Gasteiger partial charge in [0.15, 0.2) is 0 Å². The van der Waals surface area contributed by atoms with Gasteiger partial charge in [0.1, 0.15) is 0 Å². The van der Waals surface area contributed by atoms with Crippen molar-refractivity contribution in [2.45, 2.75) is 32.4 Å². The third-order valence-corrected chi connectivity index (χ3v) is 1.95. The van der Waals surface area contributed by atoms with Crippen molar-refractivity contribution in [3.8, 4) is 0 Å². The van der Waals surface area contributed by atoms with E-state index in [0.717, 1.165) is 5.69 Å². The van der Waals surface area contributed by atoms with Crippen LogP contribution < -0.4 is 5.73 Å². The molecule has 1 aromatic rings. The zero-order chi connectivity index (χ0) is 10.1. The van der Waals surface area contributed by atoms with Crippen LogP contribution in [0.2, 0.25) is 0 Å². The lowest BCUT2D eigenvalue weighted by Gasteiger charge is -2.20. The number of nitrogens with two attached hydrogens (primary N) is 1. The van der Waals surface area contributed by atoms with Gasteiger partial charge in [-0.3, -0.25) is 0 Å². The molecule has 3 N–H and O–H groups in total. The number of imidazole rings is 1. The summed E-state index contributed by atoms with van der Waals surface area (Å²) in [6, 6.07) is -0.372. The van der Waals surface area contributed by atoms with Gasteiger partial charge in [-0.15, -0.1) is 0 Å². The van der Waals surface area contributed by atoms with Crippen molar-refractivity contribution in [2.24, 2.45) is 5.73 Å². The summed E-state index contributed by atoms with van der Waals surface area (Å²) in [6.07, 6.45) is 3.62. The number of nitrogens with zero attached hydrogens (tertiary/aromatic N) is 2. The zero-order valence-electron chi connectivity index (χ0n) is 8.36. The molecule has 0 amide bonds. The van der Waals surface area contributed by atoms with Gasteiger partial charge >= 0.3 is 0 Å². The first kappa shape index (κ1) is 10.2. The SMILES string of the molecule is CC(C)(C)n1cnc(C(N)CO)c1. The first-order valence-electron chi connectivity index (χ1n) is 4.36. The highest BCUT2D eigenvalue weighted by molar-refractivity contribution is 5.04. The monoisotopic (exact) mass is 183 g/mol. The van der Waals surface area contributed by atoms with Crippen molar-refractivity contribution in [1.29, 1.82) is 0 Å². The smallest absolute Gasteiger partial charge is 0.0955 e. The van der Waals surface area contributed by atoms with Gasteiger partial charge in [-0.25, -0.2) is 4.98 Å². The van der Waals surface area contributed by atoms with Crippen molar-refractivity contribution < 1.29 is 5.11 Å². The minimum Gasteiger partial charge on any atom is -0.394 e. The van der Waals surface area contributed by atoms with Gasteiger partial charge in [0.2, 0.25) is 0 Å². The second-order valence-electron chi connectivity index (χ2n) is 4.17. The molecule has 1 aromatic heterocycles. The minimum atomic E-state index is -0.372. The van der Waals surface area contributed by atoms with Crippen LogP contribution in [0.1, 0.15) is 32.5 Å². The molecule has 0 radical (unpaired) electrons. The van der Waals surface area contributed by atoms with E-state index < -0.39 is 0 Å². The van der Waals surface area contributed by atoms with Crippen molar-refractivity contribution in [3.05, 3.63) is 18.2 Å². The van der Waals surface area contributed by atoms with Gasteiger partial charge < -0.3 is 15.4 Å². The second kappa shape index (κ2) is 3.47. The molecule has 0 aromatic carbocycles. The van der Waals surface area contributed by atoms with Crippen LogP contribution in [0, 0.1) is 0 Å². The van der Waals surface area contributed by atoms with Crippen LogP contribution in [0.4, 0.5) is 0 Å². The van der Waals surface area contributed by atoms with E-state index in [1.165, 1.54) is 0 Å². The Labute approximate surface area is 78.4 Å². The molecule has 0 bridgehead atoms. The molecule has 74 valence electrons. The summed E-state index contributed by atoms with van der Waals surface area (Å²) in [7, 11) is 0. The lowest BCUT2D eigenvalue weighted by atomic mass is 10.1. The lowest BCUT2D eigenvalue weighted by Crippen LogP contribution is -2.20. The highest BCUT2D eigenvalue weighted by Crippen LogP contribution is 2.15. The van der Waals surface area contributed by atoms with E-state index in [1.807, 2.05) is 10.8 Å². The van der Waals surface area contributed by atoms with E-state index in [0.29, 0.717) is 0 Å². The fraction of sp³-hybridized carbons (Fsp3) is 0.667. The molecule has 13 heavy (non-hydrogen) atoms. The van der Waals surface area contributed by atoms with Crippen LogP contribution in [0.15, 0.2) is 12.5 Å². The minimum absolute atomic E-state index is 0.0143. The van der Waals surface area contributed by atoms with Crippen LogP contribution in [-0.4, -0.2) is 21.3 Å². The van der Waals surface area contributed by atoms with Crippen LogP contribution in [0.5, 0.6) is 0 Å². The average molecular weight is 183 g/mol. The maximum atomic E-state index is 8.83. The van der Waals surface area contributed by atoms with E-state index in [2.05, 4.69) is 25.8 Å². The highest BCUT2D eigenvalue weighted by Gasteiger charge is 2.15. The Balaban J connectivity index is 2.87. The molecule has 1 unspecified atom stereocenters. The molecule has 0 saturated heterocycles. The Morgan fingerprint density at radius 3 is 2.62 bits per heavy atom. The quantitative estimate of drug-likeness (QED) is 0.707. The lowest BCUT2D eigenvalue weighted by molar-refractivity contribution is 0.266. The van der Waals surface area contributed by atoms with Crippen molar-refractivity contribution in [1.82, 2.24) is 9.55 Å². The van der Waals surface area contributed by atoms with E-state index >= 15 is 0 Å². The molecule has 0 aliphatic heterocycles. The predicted octanol–water partition coefficient (Wildman–Crippen LogP) is 0.630. The number of aliphatic hydroxyl groups excluding tert-OH is 1. The van der Waals surface area contributed by atoms with Crippen molar-refractivity contribution >= 4 is 0 Å². The zero-order valence-corrected chi connectivity index (χ0v) is 8.36. The molecular weight excluding hydrogens is 166 g/mol. The molecular formula is C9H17N3O. The van der Waals surface area contributed by atoms with Crippen LogP contribution >= 0.6 is 0 Å². The van der Waals surface area contributed by atoms with Gasteiger partial charge in [0, 0.05) is 11.7 Å². The summed E-state index contributed by atoms with van der Waals surface area (Å²) in [5.41, 5.74) is 6.37. The number of aromatic nitrogens is 2. The second-order valence-corrected chi connectivity index (χ2v) is 4.17. The normalized spacial score (nSPS) is 14.5. The van der Waals surface area contributed by atoms with Gasteiger partial charge in [-0.05, 0) is 20.8 Å². The van der Waals surface area contributed by atoms with Gasteiger partial charge in [0.05, 0.1) is 24.7 Å². The number of rotatable bonds is 2. The summed E-state index contributed by atoms with van der Waals surface area (Å²) in [6.45, 7) is 6.19. The molecule has 0 aliphatic carbocycles. The van der Waals surface area contributed by atoms with Crippen molar-refractivity contribution in [2.75, 3.05) is 6.61 Å². The molecule has 1 heterocycles. The van der Waals surface area contributed by atoms with Gasteiger partial charge in [0.25, 0.3) is 0 Å². The van der Waals surface area contributed by atoms with E-state index in [9.17, 15) is 0 Å². The molecule has 0 spiro atoms. The molecule has 1 rings (SSSR count). The number of aliphatic hydroxyl groups is 1. The van der Waals surface area contributed by atoms with Gasteiger partial charge in [-0.1, -0.05) is 0 Å². The molecule has 4 nitrogen and oxygen atoms in total. The summed E-state index contributed by atoms with van der Waals surface area (Å²) < 4.78 is 1.98. The van der Waals surface area contributed by atoms with E-state index in [1.54, 1.807) is 6.33 Å². The standard InChI is InChI=1S/C9H17N3O/c1-9(2,3)12-4-8(11-6-12)7(10)5-13/h4,6-7,13H,5,10H2,1-3H3. The maximum Gasteiger partial charge on any atom is 0.0955 e. The van der Waals surface area contributed by atoms with Crippen LogP contribution in [0.25, 0.3) is 0 Å². The molecule has 1 atom stereocenters. The Hall–Kier alpha value is -0.870. The topological polar surface area (TPSA) is 64.1 Å². The number of hydrogen-bond acceptors (Lipinski definition) is 3. The number of hydrogen-bond donors (Lipinski definition) is 2. The van der Waals surface area contributed by atoms with E-state index in [-0.39, 0.29) is 18.2 Å². The Morgan fingerprint density at radius 1 is 1.62 bits per heavy atom. The fourth-order valence-electron chi connectivity index (χ4n) is 0.990. The first-order chi connectivity index (χ1) is 5.95. The third kappa shape index (κ3) is 2.29.